The van der Waals surface area contributed by atoms with Crippen molar-refractivity contribution in [2.45, 2.75) is 26.3 Å². The molecule has 114 valence electrons. The number of nitrogens with one attached hydrogen (secondary N) is 1. The average molecular weight is 282 g/mol. The number of aliphatic hydroxyl groups excluding tert-OH is 1. The highest BCUT2D eigenvalue weighted by Gasteiger charge is 2.26. The molecule has 0 aromatic heterocycles. The molecule has 0 saturated heterocycles. The first-order valence-electron chi connectivity index (χ1n) is 7.07. The van der Waals surface area contributed by atoms with E-state index in [4.69, 9.17) is 0 Å². The molecule has 0 amide bonds. The van der Waals surface area contributed by atoms with Crippen molar-refractivity contribution in [2.24, 2.45) is 0 Å². The molecule has 0 fully saturated rings. The second-order valence-corrected chi connectivity index (χ2v) is 5.18. The normalized spacial score (nSPS) is 14.4. The molecule has 0 aliphatic rings. The first-order chi connectivity index (χ1) is 9.45. The Morgan fingerprint density at radius 2 is 1.65 bits per heavy atom. The van der Waals surface area contributed by atoms with Crippen LogP contribution in [0, 0.1) is 0 Å². The highest BCUT2D eigenvalue weighted by Crippen LogP contribution is 2.28. The van der Waals surface area contributed by atoms with Gasteiger partial charge in [0, 0.05) is 19.2 Å². The number of aliphatic hydroxyl groups is 1. The first kappa shape index (κ1) is 16.8. The second-order valence-electron chi connectivity index (χ2n) is 5.18. The maximum Gasteiger partial charge on any atom is 0.119 e. The molecular weight excluding hydrogens is 256 g/mol. The summed E-state index contributed by atoms with van der Waals surface area (Å²) in [5.74, 6) is -0.0181. The Morgan fingerprint density at radius 1 is 1.10 bits per heavy atom. The topological polar surface area (TPSA) is 76.0 Å². The third kappa shape index (κ3) is 4.37. The lowest BCUT2D eigenvalue weighted by Crippen LogP contribution is -2.46. The molecule has 0 aliphatic heterocycles. The Balaban J connectivity index is 2.75. The van der Waals surface area contributed by atoms with Crippen molar-refractivity contribution in [2.75, 3.05) is 32.8 Å². The summed E-state index contributed by atoms with van der Waals surface area (Å²) in [7, 11) is 0. The summed E-state index contributed by atoms with van der Waals surface area (Å²) in [4.78, 5) is 2.28. The van der Waals surface area contributed by atoms with Gasteiger partial charge in [0.25, 0.3) is 0 Å². The van der Waals surface area contributed by atoms with Crippen LogP contribution in [0.15, 0.2) is 18.2 Å². The second kappa shape index (κ2) is 7.47. The van der Waals surface area contributed by atoms with Gasteiger partial charge in [0.15, 0.2) is 0 Å². The summed E-state index contributed by atoms with van der Waals surface area (Å²) in [6.45, 7) is 9.53. The van der Waals surface area contributed by atoms with Crippen LogP contribution < -0.4 is 5.32 Å². The standard InChI is InChI=1S/C15H26N2O3/c1-4-17(5-2)7-6-16-15(3,11-18)12-8-13(19)10-14(20)9-12/h8-10,16,18-20H,4-7,11H2,1-3H3. The van der Waals surface area contributed by atoms with Gasteiger partial charge in [0.1, 0.15) is 11.5 Å². The number of rotatable bonds is 8. The largest absolute Gasteiger partial charge is 0.508 e. The van der Waals surface area contributed by atoms with E-state index in [0.717, 1.165) is 26.2 Å². The minimum Gasteiger partial charge on any atom is -0.508 e. The molecule has 20 heavy (non-hydrogen) atoms. The average Bonchev–Trinajstić information content (AvgIpc) is 2.42. The molecule has 5 heteroatoms. The van der Waals surface area contributed by atoms with Crippen molar-refractivity contribution in [1.29, 1.82) is 0 Å². The van der Waals surface area contributed by atoms with E-state index >= 15 is 0 Å². The zero-order chi connectivity index (χ0) is 15.2. The predicted molar refractivity (Wildman–Crippen MR) is 80.0 cm³/mol. The van der Waals surface area contributed by atoms with Crippen LogP contribution in [0.3, 0.4) is 0 Å². The molecule has 0 saturated carbocycles. The predicted octanol–water partition coefficient (Wildman–Crippen LogP) is 1.24. The Bertz CT molecular complexity index is 401. The van der Waals surface area contributed by atoms with Crippen LogP contribution in [0.25, 0.3) is 0 Å². The van der Waals surface area contributed by atoms with Gasteiger partial charge in [0.05, 0.1) is 12.1 Å². The van der Waals surface area contributed by atoms with E-state index in [-0.39, 0.29) is 18.1 Å². The number of nitrogens with zero attached hydrogens (tertiary/aromatic N) is 1. The maximum absolute atomic E-state index is 9.66. The zero-order valence-corrected chi connectivity index (χ0v) is 12.6. The summed E-state index contributed by atoms with van der Waals surface area (Å²) < 4.78 is 0. The number of phenolic OH excluding ortho intramolecular Hbond substituents is 2. The molecule has 1 atom stereocenters. The molecule has 1 aromatic carbocycles. The van der Waals surface area contributed by atoms with Crippen LogP contribution in [0.5, 0.6) is 11.5 Å². The molecule has 0 spiro atoms. The van der Waals surface area contributed by atoms with Gasteiger partial charge in [-0.2, -0.15) is 0 Å². The molecule has 1 rings (SSSR count). The fourth-order valence-corrected chi connectivity index (χ4v) is 2.19. The minimum absolute atomic E-state index is 0.00906. The van der Waals surface area contributed by atoms with Crippen LogP contribution in [0.2, 0.25) is 0 Å². The summed E-state index contributed by atoms with van der Waals surface area (Å²) in [5.41, 5.74) is -0.0272. The van der Waals surface area contributed by atoms with Crippen LogP contribution in [0.1, 0.15) is 26.3 Å². The third-order valence-electron chi connectivity index (χ3n) is 3.69. The SMILES string of the molecule is CCN(CC)CCNC(C)(CO)c1cc(O)cc(O)c1. The minimum atomic E-state index is -0.691. The fourth-order valence-electron chi connectivity index (χ4n) is 2.19. The summed E-state index contributed by atoms with van der Waals surface area (Å²) >= 11 is 0. The van der Waals surface area contributed by atoms with Gasteiger partial charge < -0.3 is 25.5 Å². The molecule has 4 N–H and O–H groups in total. The summed E-state index contributed by atoms with van der Waals surface area (Å²) in [6, 6.07) is 4.39. The zero-order valence-electron chi connectivity index (χ0n) is 12.6. The Labute approximate surface area is 120 Å². The molecule has 0 bridgehead atoms. The number of likely N-dealkylation sites (N-methyl/N-ethyl adjacent to an activating group) is 1. The Hall–Kier alpha value is -1.30. The van der Waals surface area contributed by atoms with Crippen molar-refractivity contribution < 1.29 is 15.3 Å². The highest BCUT2D eigenvalue weighted by molar-refractivity contribution is 5.40. The molecule has 1 unspecified atom stereocenters. The van der Waals surface area contributed by atoms with Crippen molar-refractivity contribution in [3.05, 3.63) is 23.8 Å². The fraction of sp³-hybridized carbons (Fsp3) is 0.600. The quantitative estimate of drug-likeness (QED) is 0.577. The van der Waals surface area contributed by atoms with E-state index in [1.807, 2.05) is 6.92 Å². The first-order valence-corrected chi connectivity index (χ1v) is 7.07. The van der Waals surface area contributed by atoms with Gasteiger partial charge in [-0.3, -0.25) is 0 Å². The van der Waals surface area contributed by atoms with Crippen LogP contribution in [0.4, 0.5) is 0 Å². The number of aromatic hydroxyl groups is 2. The lowest BCUT2D eigenvalue weighted by Gasteiger charge is -2.31. The third-order valence-corrected chi connectivity index (χ3v) is 3.69. The number of phenols is 2. The van der Waals surface area contributed by atoms with Crippen molar-refractivity contribution in [1.82, 2.24) is 10.2 Å². The molecule has 1 aromatic rings. The number of hydrogen-bond donors (Lipinski definition) is 4. The van der Waals surface area contributed by atoms with Crippen LogP contribution in [-0.4, -0.2) is 53.0 Å². The Kier molecular flexibility index (Phi) is 6.26. The van der Waals surface area contributed by atoms with E-state index in [9.17, 15) is 15.3 Å². The van der Waals surface area contributed by atoms with Gasteiger partial charge in [-0.05, 0) is 37.7 Å². The van der Waals surface area contributed by atoms with E-state index in [1.165, 1.54) is 6.07 Å². The highest BCUT2D eigenvalue weighted by atomic mass is 16.3. The number of hydrogen-bond acceptors (Lipinski definition) is 5. The molecule has 0 heterocycles. The Morgan fingerprint density at radius 3 is 2.10 bits per heavy atom. The lowest BCUT2D eigenvalue weighted by molar-refractivity contribution is 0.168. The van der Waals surface area contributed by atoms with Crippen molar-refractivity contribution in [3.63, 3.8) is 0 Å². The van der Waals surface area contributed by atoms with Crippen molar-refractivity contribution >= 4 is 0 Å². The van der Waals surface area contributed by atoms with E-state index < -0.39 is 5.54 Å². The van der Waals surface area contributed by atoms with Crippen molar-refractivity contribution in [3.8, 4) is 11.5 Å². The molecular formula is C15H26N2O3. The maximum atomic E-state index is 9.66. The van der Waals surface area contributed by atoms with Gasteiger partial charge in [-0.25, -0.2) is 0 Å². The monoisotopic (exact) mass is 282 g/mol. The van der Waals surface area contributed by atoms with Gasteiger partial charge >= 0.3 is 0 Å². The van der Waals surface area contributed by atoms with E-state index in [1.54, 1.807) is 12.1 Å². The van der Waals surface area contributed by atoms with Crippen LogP contribution in [-0.2, 0) is 5.54 Å². The summed E-state index contributed by atoms with van der Waals surface area (Å²) in [6.07, 6.45) is 0. The summed E-state index contributed by atoms with van der Waals surface area (Å²) in [5, 5.41) is 32.1. The van der Waals surface area contributed by atoms with Gasteiger partial charge in [-0.15, -0.1) is 0 Å². The van der Waals surface area contributed by atoms with E-state index in [2.05, 4.69) is 24.1 Å². The molecule has 5 nitrogen and oxygen atoms in total. The number of benzene rings is 1. The molecule has 0 radical (unpaired) electrons. The van der Waals surface area contributed by atoms with Gasteiger partial charge in [-0.1, -0.05) is 13.8 Å². The molecule has 0 aliphatic carbocycles. The van der Waals surface area contributed by atoms with Crippen LogP contribution >= 0.6 is 0 Å². The van der Waals surface area contributed by atoms with E-state index in [0.29, 0.717) is 5.56 Å². The lowest BCUT2D eigenvalue weighted by atomic mass is 9.92. The van der Waals surface area contributed by atoms with Gasteiger partial charge in [0.2, 0.25) is 0 Å². The smallest absolute Gasteiger partial charge is 0.119 e.